The predicted molar refractivity (Wildman–Crippen MR) is 119 cm³/mol. The summed E-state index contributed by atoms with van der Waals surface area (Å²) in [6.07, 6.45) is -3.00. The van der Waals surface area contributed by atoms with E-state index < -0.39 is 6.36 Å². The van der Waals surface area contributed by atoms with Crippen molar-refractivity contribution in [2.75, 3.05) is 5.32 Å². The van der Waals surface area contributed by atoms with Crippen molar-refractivity contribution in [3.8, 4) is 5.75 Å². The van der Waals surface area contributed by atoms with Crippen LogP contribution in [0.15, 0.2) is 90.0 Å². The molecule has 0 fully saturated rings. The minimum Gasteiger partial charge on any atom is -0.406 e. The number of carbonyl (C=O) groups excluding carboxylic acids is 1. The predicted octanol–water partition coefficient (Wildman–Crippen LogP) is 6.68. The Balaban J connectivity index is 1.47. The number of ether oxygens (including phenoxy) is 1. The van der Waals surface area contributed by atoms with Gasteiger partial charge in [-0.2, -0.15) is 0 Å². The number of hydrogen-bond donors (Lipinski definition) is 1. The van der Waals surface area contributed by atoms with Gasteiger partial charge in [0.1, 0.15) is 5.75 Å². The van der Waals surface area contributed by atoms with Gasteiger partial charge in [0.05, 0.1) is 11.1 Å². The van der Waals surface area contributed by atoms with Crippen molar-refractivity contribution < 1.29 is 22.7 Å². The third kappa shape index (κ3) is 5.39. The molecule has 32 heavy (non-hydrogen) atoms. The molecule has 4 rings (SSSR count). The lowest BCUT2D eigenvalue weighted by atomic mass is 10.1. The third-order valence-electron chi connectivity index (χ3n) is 4.60. The number of nitrogens with one attached hydrogen (secondary N) is 1. The summed E-state index contributed by atoms with van der Waals surface area (Å²) in [6, 6.07) is 22.0. The molecule has 0 unspecified atom stereocenters. The standard InChI is InChI=1S/C24H17F3N2O2S/c25-24(26,27)31-18-11-9-17(10-12-18)29-23(30)20-6-2-4-8-22(20)32-15-16-13-14-28-21-7-3-1-5-19(16)21/h1-14H,15H2,(H,29,30). The molecule has 0 aliphatic rings. The zero-order valence-corrected chi connectivity index (χ0v) is 17.4. The maximum Gasteiger partial charge on any atom is 0.573 e. The van der Waals surface area contributed by atoms with Gasteiger partial charge in [-0.1, -0.05) is 30.3 Å². The Labute approximate surface area is 186 Å². The Bertz CT molecular complexity index is 1240. The van der Waals surface area contributed by atoms with Crippen LogP contribution in [0, 0.1) is 0 Å². The average Bonchev–Trinajstić information content (AvgIpc) is 2.78. The van der Waals surface area contributed by atoms with E-state index in [2.05, 4.69) is 15.0 Å². The number of para-hydroxylation sites is 1. The first-order chi connectivity index (χ1) is 15.4. The van der Waals surface area contributed by atoms with E-state index >= 15 is 0 Å². The molecule has 8 heteroatoms. The Hall–Kier alpha value is -3.52. The molecule has 4 aromatic rings. The summed E-state index contributed by atoms with van der Waals surface area (Å²) >= 11 is 1.53. The second-order valence-electron chi connectivity index (χ2n) is 6.80. The number of hydrogen-bond acceptors (Lipinski definition) is 4. The molecular weight excluding hydrogens is 437 g/mol. The van der Waals surface area contributed by atoms with Crippen LogP contribution in [0.4, 0.5) is 18.9 Å². The average molecular weight is 454 g/mol. The molecule has 1 amide bonds. The van der Waals surface area contributed by atoms with Crippen LogP contribution in [0.3, 0.4) is 0 Å². The molecular formula is C24H17F3N2O2S. The molecule has 1 N–H and O–H groups in total. The van der Waals surface area contributed by atoms with Gasteiger partial charge in [-0.3, -0.25) is 9.78 Å². The smallest absolute Gasteiger partial charge is 0.406 e. The fourth-order valence-electron chi connectivity index (χ4n) is 3.15. The van der Waals surface area contributed by atoms with E-state index in [1.807, 2.05) is 42.5 Å². The lowest BCUT2D eigenvalue weighted by molar-refractivity contribution is -0.274. The Morgan fingerprint density at radius 2 is 1.66 bits per heavy atom. The summed E-state index contributed by atoms with van der Waals surface area (Å²) in [5, 5.41) is 3.78. The number of halogens is 3. The number of pyridine rings is 1. The highest BCUT2D eigenvalue weighted by atomic mass is 32.2. The zero-order chi connectivity index (χ0) is 22.6. The summed E-state index contributed by atoms with van der Waals surface area (Å²) in [5.74, 6) is -0.0511. The van der Waals surface area contributed by atoms with Crippen molar-refractivity contribution in [2.45, 2.75) is 17.0 Å². The molecule has 0 saturated carbocycles. The molecule has 4 nitrogen and oxygen atoms in total. The van der Waals surface area contributed by atoms with E-state index in [0.717, 1.165) is 33.5 Å². The third-order valence-corrected chi connectivity index (χ3v) is 5.72. The highest BCUT2D eigenvalue weighted by Gasteiger charge is 2.31. The van der Waals surface area contributed by atoms with Crippen molar-refractivity contribution >= 4 is 34.3 Å². The topological polar surface area (TPSA) is 51.2 Å². The van der Waals surface area contributed by atoms with E-state index in [-0.39, 0.29) is 11.7 Å². The second-order valence-corrected chi connectivity index (χ2v) is 7.82. The molecule has 0 aliphatic carbocycles. The van der Waals surface area contributed by atoms with Gasteiger partial charge < -0.3 is 10.1 Å². The maximum atomic E-state index is 12.8. The minimum atomic E-state index is -4.76. The minimum absolute atomic E-state index is 0.350. The van der Waals surface area contributed by atoms with Crippen molar-refractivity contribution in [1.82, 2.24) is 4.98 Å². The normalized spacial score (nSPS) is 11.3. The van der Waals surface area contributed by atoms with E-state index in [0.29, 0.717) is 17.0 Å². The number of anilines is 1. The van der Waals surface area contributed by atoms with Crippen LogP contribution in [0.1, 0.15) is 15.9 Å². The second kappa shape index (κ2) is 9.32. The summed E-state index contributed by atoms with van der Waals surface area (Å²) in [4.78, 5) is 18.0. The van der Waals surface area contributed by atoms with E-state index in [1.165, 1.54) is 23.9 Å². The molecule has 0 radical (unpaired) electrons. The first kappa shape index (κ1) is 21.7. The number of rotatable bonds is 6. The number of aromatic nitrogens is 1. The molecule has 1 heterocycles. The van der Waals surface area contributed by atoms with Crippen LogP contribution in [-0.4, -0.2) is 17.3 Å². The van der Waals surface area contributed by atoms with Crippen LogP contribution in [-0.2, 0) is 5.75 Å². The fourth-order valence-corrected chi connectivity index (χ4v) is 4.21. The fraction of sp³-hybridized carbons (Fsp3) is 0.0833. The summed E-state index contributed by atoms with van der Waals surface area (Å²) in [5.41, 5.74) is 2.86. The maximum absolute atomic E-state index is 12.8. The molecule has 1 aromatic heterocycles. The summed E-state index contributed by atoms with van der Waals surface area (Å²) < 4.78 is 40.8. The Kier molecular flexibility index (Phi) is 6.32. The van der Waals surface area contributed by atoms with Gasteiger partial charge in [-0.15, -0.1) is 24.9 Å². The van der Waals surface area contributed by atoms with Crippen LogP contribution in [0.5, 0.6) is 5.75 Å². The summed E-state index contributed by atoms with van der Waals surface area (Å²) in [7, 11) is 0. The first-order valence-corrected chi connectivity index (χ1v) is 10.6. The van der Waals surface area contributed by atoms with Gasteiger partial charge in [-0.05, 0) is 54.1 Å². The van der Waals surface area contributed by atoms with Crippen molar-refractivity contribution in [1.29, 1.82) is 0 Å². The van der Waals surface area contributed by atoms with Crippen LogP contribution < -0.4 is 10.1 Å². The number of amides is 1. The molecule has 162 valence electrons. The largest absolute Gasteiger partial charge is 0.573 e. The van der Waals surface area contributed by atoms with Gasteiger partial charge in [0.15, 0.2) is 0 Å². The quantitative estimate of drug-likeness (QED) is 0.330. The van der Waals surface area contributed by atoms with Gasteiger partial charge in [-0.25, -0.2) is 0 Å². The number of fused-ring (bicyclic) bond motifs is 1. The van der Waals surface area contributed by atoms with E-state index in [1.54, 1.807) is 18.3 Å². The van der Waals surface area contributed by atoms with Gasteiger partial charge in [0, 0.05) is 27.9 Å². The molecule has 0 saturated heterocycles. The first-order valence-electron chi connectivity index (χ1n) is 9.61. The highest BCUT2D eigenvalue weighted by molar-refractivity contribution is 7.98. The lowest BCUT2D eigenvalue weighted by Gasteiger charge is -2.12. The van der Waals surface area contributed by atoms with Crippen LogP contribution in [0.2, 0.25) is 0 Å². The van der Waals surface area contributed by atoms with Gasteiger partial charge in [0.25, 0.3) is 5.91 Å². The number of alkyl halides is 3. The van der Waals surface area contributed by atoms with Gasteiger partial charge in [0.2, 0.25) is 0 Å². The Morgan fingerprint density at radius 1 is 0.938 bits per heavy atom. The number of nitrogens with zero attached hydrogens (tertiary/aromatic N) is 1. The molecule has 0 bridgehead atoms. The molecule has 0 atom stereocenters. The molecule has 0 aliphatic heterocycles. The monoisotopic (exact) mass is 454 g/mol. The van der Waals surface area contributed by atoms with Crippen LogP contribution in [0.25, 0.3) is 10.9 Å². The van der Waals surface area contributed by atoms with E-state index in [9.17, 15) is 18.0 Å². The highest BCUT2D eigenvalue weighted by Crippen LogP contribution is 2.30. The molecule has 0 spiro atoms. The Morgan fingerprint density at radius 3 is 2.44 bits per heavy atom. The van der Waals surface area contributed by atoms with Crippen molar-refractivity contribution in [2.24, 2.45) is 0 Å². The van der Waals surface area contributed by atoms with Crippen molar-refractivity contribution in [3.63, 3.8) is 0 Å². The number of carbonyl (C=O) groups is 1. The van der Waals surface area contributed by atoms with Crippen molar-refractivity contribution in [3.05, 3.63) is 96.2 Å². The van der Waals surface area contributed by atoms with Crippen LogP contribution >= 0.6 is 11.8 Å². The summed E-state index contributed by atoms with van der Waals surface area (Å²) in [6.45, 7) is 0. The van der Waals surface area contributed by atoms with Gasteiger partial charge >= 0.3 is 6.36 Å². The zero-order valence-electron chi connectivity index (χ0n) is 16.6. The molecule has 3 aromatic carbocycles. The van der Waals surface area contributed by atoms with E-state index in [4.69, 9.17) is 0 Å². The number of benzene rings is 3. The SMILES string of the molecule is O=C(Nc1ccc(OC(F)(F)F)cc1)c1ccccc1SCc1ccnc2ccccc12. The lowest BCUT2D eigenvalue weighted by Crippen LogP contribution is -2.17. The number of thioether (sulfide) groups is 1.